The average molecular weight is 375 g/mol. The first kappa shape index (κ1) is 17.5. The van der Waals surface area contributed by atoms with E-state index in [0.717, 1.165) is 30.5 Å². The molecule has 1 saturated heterocycles. The second-order valence-corrected chi connectivity index (χ2v) is 5.86. The van der Waals surface area contributed by atoms with E-state index in [1.807, 2.05) is 0 Å². The Morgan fingerprint density at radius 2 is 1.96 bits per heavy atom. The number of amides is 1. The van der Waals surface area contributed by atoms with Gasteiger partial charge in [-0.2, -0.15) is 13.2 Å². The predicted octanol–water partition coefficient (Wildman–Crippen LogP) is 3.80. The van der Waals surface area contributed by atoms with Crippen molar-refractivity contribution in [3.63, 3.8) is 0 Å². The van der Waals surface area contributed by atoms with Crippen molar-refractivity contribution in [2.75, 3.05) is 13.1 Å². The first-order valence-electron chi connectivity index (χ1n) is 7.18. The number of likely N-dealkylation sites (tertiary alicyclic amines) is 1. The van der Waals surface area contributed by atoms with Crippen molar-refractivity contribution in [3.8, 4) is 5.88 Å². The molecule has 1 fully saturated rings. The van der Waals surface area contributed by atoms with Crippen molar-refractivity contribution in [3.05, 3.63) is 58.5 Å². The van der Waals surface area contributed by atoms with Gasteiger partial charge in [-0.1, -0.05) is 11.6 Å². The molecule has 0 spiro atoms. The first-order valence-corrected chi connectivity index (χ1v) is 7.56. The van der Waals surface area contributed by atoms with Crippen LogP contribution in [0.4, 0.5) is 17.6 Å². The highest BCUT2D eigenvalue weighted by molar-refractivity contribution is 6.33. The Labute approximate surface area is 145 Å². The summed E-state index contributed by atoms with van der Waals surface area (Å²) in [5, 5.41) is -0.00564. The van der Waals surface area contributed by atoms with Crippen LogP contribution in [0.5, 0.6) is 5.88 Å². The van der Waals surface area contributed by atoms with Gasteiger partial charge in [0.1, 0.15) is 11.9 Å². The Morgan fingerprint density at radius 1 is 1.24 bits per heavy atom. The zero-order valence-corrected chi connectivity index (χ0v) is 13.3. The van der Waals surface area contributed by atoms with Crippen LogP contribution in [0, 0.1) is 5.82 Å². The fourth-order valence-corrected chi connectivity index (χ4v) is 2.58. The molecule has 9 heteroatoms. The Bertz CT molecular complexity index is 807. The molecule has 132 valence electrons. The smallest absolute Gasteiger partial charge is 0.416 e. The lowest BCUT2D eigenvalue weighted by molar-refractivity contribution is -0.137. The number of halogens is 5. The third kappa shape index (κ3) is 3.84. The molecule has 0 aliphatic carbocycles. The molecule has 3 rings (SSSR count). The largest absolute Gasteiger partial charge is 0.471 e. The lowest BCUT2D eigenvalue weighted by Gasteiger charge is -2.38. The summed E-state index contributed by atoms with van der Waals surface area (Å²) in [6.07, 6.45) is -3.95. The highest BCUT2D eigenvalue weighted by atomic mass is 35.5. The van der Waals surface area contributed by atoms with E-state index in [0.29, 0.717) is 0 Å². The topological polar surface area (TPSA) is 42.4 Å². The van der Waals surface area contributed by atoms with Gasteiger partial charge in [-0.15, -0.1) is 0 Å². The van der Waals surface area contributed by atoms with Gasteiger partial charge in [-0.25, -0.2) is 9.37 Å². The van der Waals surface area contributed by atoms with Crippen molar-refractivity contribution in [1.82, 2.24) is 9.88 Å². The molecule has 2 heterocycles. The van der Waals surface area contributed by atoms with E-state index < -0.39 is 29.6 Å². The summed E-state index contributed by atoms with van der Waals surface area (Å²) in [6.45, 7) is 0.342. The third-order valence-corrected chi connectivity index (χ3v) is 3.96. The summed E-state index contributed by atoms with van der Waals surface area (Å²) in [7, 11) is 0. The van der Waals surface area contributed by atoms with Gasteiger partial charge in [0.15, 0.2) is 0 Å². The lowest BCUT2D eigenvalue weighted by Crippen LogP contribution is -2.56. The monoisotopic (exact) mass is 374 g/mol. The number of alkyl halides is 3. The van der Waals surface area contributed by atoms with Gasteiger partial charge >= 0.3 is 6.18 Å². The minimum Gasteiger partial charge on any atom is -0.471 e. The maximum atomic E-state index is 13.0. The Morgan fingerprint density at radius 3 is 2.60 bits per heavy atom. The van der Waals surface area contributed by atoms with Crippen LogP contribution in [0.2, 0.25) is 5.02 Å². The average Bonchev–Trinajstić information content (AvgIpc) is 2.49. The van der Waals surface area contributed by atoms with E-state index in [2.05, 4.69) is 4.98 Å². The van der Waals surface area contributed by atoms with Gasteiger partial charge in [0, 0.05) is 12.3 Å². The zero-order chi connectivity index (χ0) is 18.2. The summed E-state index contributed by atoms with van der Waals surface area (Å²) in [4.78, 5) is 17.4. The van der Waals surface area contributed by atoms with E-state index in [9.17, 15) is 22.4 Å². The van der Waals surface area contributed by atoms with Crippen LogP contribution in [0.25, 0.3) is 0 Å². The number of pyridine rings is 1. The number of hydrogen-bond donors (Lipinski definition) is 0. The van der Waals surface area contributed by atoms with Crippen LogP contribution in [0.1, 0.15) is 15.9 Å². The Kier molecular flexibility index (Phi) is 4.55. The number of rotatable bonds is 3. The molecule has 1 aliphatic heterocycles. The molecule has 0 N–H and O–H groups in total. The highest BCUT2D eigenvalue weighted by Crippen LogP contribution is 2.31. The molecule has 0 atom stereocenters. The van der Waals surface area contributed by atoms with Crippen molar-refractivity contribution < 1.29 is 27.1 Å². The predicted molar refractivity (Wildman–Crippen MR) is 81.0 cm³/mol. The van der Waals surface area contributed by atoms with Crippen LogP contribution in [-0.4, -0.2) is 35.0 Å². The van der Waals surface area contributed by atoms with Gasteiger partial charge in [-0.3, -0.25) is 4.79 Å². The van der Waals surface area contributed by atoms with Crippen LogP contribution >= 0.6 is 11.6 Å². The molecule has 1 aliphatic rings. The number of aromatic nitrogens is 1. The quantitative estimate of drug-likeness (QED) is 0.768. The second kappa shape index (κ2) is 6.51. The fourth-order valence-electron chi connectivity index (χ4n) is 2.33. The molecule has 1 aromatic carbocycles. The lowest BCUT2D eigenvalue weighted by atomic mass is 10.1. The van der Waals surface area contributed by atoms with Gasteiger partial charge in [-0.05, 0) is 24.3 Å². The molecule has 2 aromatic rings. The van der Waals surface area contributed by atoms with Crippen molar-refractivity contribution in [2.24, 2.45) is 0 Å². The normalized spacial score (nSPS) is 15.0. The molecule has 1 aromatic heterocycles. The maximum absolute atomic E-state index is 13.0. The van der Waals surface area contributed by atoms with Crippen LogP contribution in [0.3, 0.4) is 0 Å². The van der Waals surface area contributed by atoms with E-state index in [1.54, 1.807) is 0 Å². The third-order valence-electron chi connectivity index (χ3n) is 3.65. The van der Waals surface area contributed by atoms with E-state index in [4.69, 9.17) is 16.3 Å². The number of carbonyl (C=O) groups excluding carboxylic acids is 1. The van der Waals surface area contributed by atoms with Gasteiger partial charge in [0.05, 0.1) is 29.2 Å². The Hall–Kier alpha value is -2.35. The molecule has 0 saturated carbocycles. The number of benzene rings is 1. The second-order valence-electron chi connectivity index (χ2n) is 5.45. The van der Waals surface area contributed by atoms with Gasteiger partial charge < -0.3 is 9.64 Å². The number of ether oxygens (including phenoxy) is 1. The van der Waals surface area contributed by atoms with E-state index in [1.165, 1.54) is 11.0 Å². The SMILES string of the molecule is O=C(c1ccc(F)cc1Cl)N1CC(Oc2cc(C(F)(F)F)ccn2)C1. The zero-order valence-electron chi connectivity index (χ0n) is 12.6. The molecule has 0 radical (unpaired) electrons. The highest BCUT2D eigenvalue weighted by Gasteiger charge is 2.35. The van der Waals surface area contributed by atoms with Gasteiger partial charge in [0.25, 0.3) is 5.91 Å². The Balaban J connectivity index is 1.60. The molecule has 25 heavy (non-hydrogen) atoms. The molecule has 4 nitrogen and oxygen atoms in total. The van der Waals surface area contributed by atoms with Gasteiger partial charge in [0.2, 0.25) is 5.88 Å². The minimum atomic E-state index is -4.48. The summed E-state index contributed by atoms with van der Waals surface area (Å²) in [5.41, 5.74) is -0.707. The number of nitrogens with zero attached hydrogens (tertiary/aromatic N) is 2. The van der Waals surface area contributed by atoms with Crippen molar-refractivity contribution in [2.45, 2.75) is 12.3 Å². The summed E-state index contributed by atoms with van der Waals surface area (Å²) < 4.78 is 56.3. The van der Waals surface area contributed by atoms with Crippen LogP contribution in [-0.2, 0) is 6.18 Å². The first-order chi connectivity index (χ1) is 11.7. The van der Waals surface area contributed by atoms with Crippen LogP contribution < -0.4 is 4.74 Å². The summed E-state index contributed by atoms with van der Waals surface area (Å²) in [6, 6.07) is 5.10. The summed E-state index contributed by atoms with van der Waals surface area (Å²) >= 11 is 5.84. The van der Waals surface area contributed by atoms with Crippen LogP contribution in [0.15, 0.2) is 36.5 Å². The van der Waals surface area contributed by atoms with Crippen molar-refractivity contribution >= 4 is 17.5 Å². The standard InChI is InChI=1S/C16H11ClF4N2O2/c17-13-6-10(18)1-2-12(13)15(24)23-7-11(8-23)25-14-5-9(3-4-22-14)16(19,20)21/h1-6,11H,7-8H2. The summed E-state index contributed by atoms with van der Waals surface area (Å²) in [5.74, 6) is -1.12. The molecule has 0 bridgehead atoms. The molecule has 1 amide bonds. The number of hydrogen-bond acceptors (Lipinski definition) is 3. The minimum absolute atomic E-state index is 0.00564. The van der Waals surface area contributed by atoms with E-state index in [-0.39, 0.29) is 29.6 Å². The molecular formula is C16H11ClF4N2O2. The maximum Gasteiger partial charge on any atom is 0.416 e. The van der Waals surface area contributed by atoms with E-state index >= 15 is 0 Å². The van der Waals surface area contributed by atoms with Crippen molar-refractivity contribution in [1.29, 1.82) is 0 Å². The fraction of sp³-hybridized carbons (Fsp3) is 0.250. The molecule has 0 unspecified atom stereocenters. The number of carbonyl (C=O) groups is 1. The molecular weight excluding hydrogens is 364 g/mol.